The second-order valence-electron chi connectivity index (χ2n) is 6.28. The summed E-state index contributed by atoms with van der Waals surface area (Å²) in [5.74, 6) is 1.67. The van der Waals surface area contributed by atoms with Gasteiger partial charge in [0.15, 0.2) is 0 Å². The number of carbonyl (C=O) groups is 1. The van der Waals surface area contributed by atoms with Crippen molar-refractivity contribution in [2.24, 2.45) is 0 Å². The average Bonchev–Trinajstić information content (AvgIpc) is 3.38. The highest BCUT2D eigenvalue weighted by Gasteiger charge is 2.20. The van der Waals surface area contributed by atoms with Crippen LogP contribution in [0.4, 0.5) is 5.69 Å². The molecule has 0 saturated heterocycles. The van der Waals surface area contributed by atoms with Crippen LogP contribution in [-0.4, -0.2) is 30.6 Å². The minimum absolute atomic E-state index is 0.107. The molecule has 0 unspecified atom stereocenters. The first-order valence-electron chi connectivity index (χ1n) is 8.76. The van der Waals surface area contributed by atoms with E-state index < -0.39 is 0 Å². The Bertz CT molecular complexity index is 1090. The van der Waals surface area contributed by atoms with E-state index in [1.54, 1.807) is 18.6 Å². The Morgan fingerprint density at radius 3 is 2.54 bits per heavy atom. The number of carbonyl (C=O) groups excluding carboxylic acids is 1. The Kier molecular flexibility index (Phi) is 4.67. The maximum Gasteiger partial charge on any atom is 0.249 e. The fourth-order valence-corrected chi connectivity index (χ4v) is 2.90. The molecule has 4 rings (SSSR count). The third-order valence-electron chi connectivity index (χ3n) is 4.29. The third kappa shape index (κ3) is 3.52. The summed E-state index contributed by atoms with van der Waals surface area (Å²) in [7, 11) is 0. The molecule has 1 aromatic carbocycles. The van der Waals surface area contributed by atoms with Gasteiger partial charge >= 0.3 is 0 Å². The molecule has 4 aromatic rings. The van der Waals surface area contributed by atoms with Crippen LogP contribution in [0.1, 0.15) is 25.8 Å². The van der Waals surface area contributed by atoms with Crippen LogP contribution in [0.3, 0.4) is 0 Å². The summed E-state index contributed by atoms with van der Waals surface area (Å²) in [6.07, 6.45) is 6.98. The number of amides is 1. The number of benzene rings is 1. The molecule has 28 heavy (non-hydrogen) atoms. The van der Waals surface area contributed by atoms with E-state index in [9.17, 15) is 4.79 Å². The van der Waals surface area contributed by atoms with Gasteiger partial charge in [-0.05, 0) is 43.3 Å². The lowest BCUT2D eigenvalue weighted by atomic mass is 10.2. The van der Waals surface area contributed by atoms with Gasteiger partial charge in [-0.15, -0.1) is 0 Å². The van der Waals surface area contributed by atoms with Gasteiger partial charge in [0.25, 0.3) is 0 Å². The normalized spacial score (nSPS) is 11.9. The maximum atomic E-state index is 11.2. The number of hydrogen-bond donors (Lipinski definition) is 1. The molecular weight excluding hydrogens is 356 g/mol. The maximum absolute atomic E-state index is 11.2. The lowest BCUT2D eigenvalue weighted by Gasteiger charge is -2.13. The number of rotatable bonds is 5. The summed E-state index contributed by atoms with van der Waals surface area (Å²) in [6.45, 7) is 3.45. The molecule has 0 aliphatic rings. The van der Waals surface area contributed by atoms with E-state index in [1.807, 2.05) is 54.1 Å². The topological polar surface area (TPSA) is 98.7 Å². The van der Waals surface area contributed by atoms with Crippen LogP contribution in [-0.2, 0) is 4.79 Å². The van der Waals surface area contributed by atoms with Gasteiger partial charge < -0.3 is 14.4 Å². The van der Waals surface area contributed by atoms with Crippen LogP contribution in [0.25, 0.3) is 22.8 Å². The number of imidazole rings is 1. The zero-order valence-electron chi connectivity index (χ0n) is 15.4. The Labute approximate surface area is 161 Å². The van der Waals surface area contributed by atoms with Crippen LogP contribution in [0.15, 0.2) is 65.7 Å². The zero-order valence-corrected chi connectivity index (χ0v) is 15.4. The molecule has 0 fully saturated rings. The number of anilines is 1. The van der Waals surface area contributed by atoms with E-state index in [-0.39, 0.29) is 11.9 Å². The highest BCUT2D eigenvalue weighted by atomic mass is 16.5. The first-order chi connectivity index (χ1) is 13.6. The van der Waals surface area contributed by atoms with Crippen molar-refractivity contribution in [1.82, 2.24) is 24.7 Å². The molecule has 3 aromatic heterocycles. The molecule has 1 amide bonds. The summed E-state index contributed by atoms with van der Waals surface area (Å²) >= 11 is 0. The standard InChI is InChI=1S/C20H18N6O2/c1-13(20-24-18(25-28-20)15-7-9-21-10-8-15)26-12-11-22-19(26)16-3-5-17(6-4-16)23-14(2)27/h3-13H,1-2H3,(H,23,27)/t13-/m0/s1. The highest BCUT2D eigenvalue weighted by Crippen LogP contribution is 2.27. The first kappa shape index (κ1) is 17.6. The molecule has 0 radical (unpaired) electrons. The van der Waals surface area contributed by atoms with Gasteiger partial charge in [-0.25, -0.2) is 4.98 Å². The first-order valence-corrected chi connectivity index (χ1v) is 8.76. The van der Waals surface area contributed by atoms with Crippen LogP contribution in [0, 0.1) is 0 Å². The second-order valence-corrected chi connectivity index (χ2v) is 6.28. The molecule has 3 heterocycles. The van der Waals surface area contributed by atoms with Crippen LogP contribution in [0.2, 0.25) is 0 Å². The smallest absolute Gasteiger partial charge is 0.249 e. The lowest BCUT2D eigenvalue weighted by molar-refractivity contribution is -0.114. The van der Waals surface area contributed by atoms with Crippen molar-refractivity contribution in [2.75, 3.05) is 5.32 Å². The van der Waals surface area contributed by atoms with Crippen molar-refractivity contribution >= 4 is 11.6 Å². The fraction of sp³-hybridized carbons (Fsp3) is 0.150. The molecule has 0 aliphatic carbocycles. The van der Waals surface area contributed by atoms with E-state index in [2.05, 4.69) is 25.4 Å². The summed E-state index contributed by atoms with van der Waals surface area (Å²) in [6, 6.07) is 11.0. The van der Waals surface area contributed by atoms with Crippen LogP contribution in [0.5, 0.6) is 0 Å². The summed E-state index contributed by atoms with van der Waals surface area (Å²) < 4.78 is 7.45. The number of pyridine rings is 1. The van der Waals surface area contributed by atoms with Gasteiger partial charge in [0.1, 0.15) is 11.9 Å². The van der Waals surface area contributed by atoms with Gasteiger partial charge in [0.05, 0.1) is 0 Å². The van der Waals surface area contributed by atoms with Crippen molar-refractivity contribution in [2.45, 2.75) is 19.9 Å². The zero-order chi connectivity index (χ0) is 19.5. The van der Waals surface area contributed by atoms with E-state index in [4.69, 9.17) is 4.52 Å². The molecular formula is C20H18N6O2. The predicted octanol–water partition coefficient (Wildman–Crippen LogP) is 3.56. The molecule has 0 aliphatic heterocycles. The molecule has 1 N–H and O–H groups in total. The van der Waals surface area contributed by atoms with Crippen molar-refractivity contribution in [1.29, 1.82) is 0 Å². The molecule has 0 saturated carbocycles. The van der Waals surface area contributed by atoms with Crippen LogP contribution >= 0.6 is 0 Å². The fourth-order valence-electron chi connectivity index (χ4n) is 2.90. The van der Waals surface area contributed by atoms with Gasteiger partial charge in [-0.1, -0.05) is 5.16 Å². The van der Waals surface area contributed by atoms with Gasteiger partial charge in [-0.2, -0.15) is 4.98 Å². The van der Waals surface area contributed by atoms with Crippen molar-refractivity contribution in [3.05, 3.63) is 67.1 Å². The Morgan fingerprint density at radius 2 is 1.82 bits per heavy atom. The lowest BCUT2D eigenvalue weighted by Crippen LogP contribution is -2.08. The van der Waals surface area contributed by atoms with Gasteiger partial charge in [0, 0.05) is 48.5 Å². The third-order valence-corrected chi connectivity index (χ3v) is 4.29. The molecule has 8 nitrogen and oxygen atoms in total. The molecule has 140 valence electrons. The number of nitrogens with zero attached hydrogens (tertiary/aromatic N) is 5. The minimum atomic E-state index is -0.199. The van der Waals surface area contributed by atoms with E-state index in [1.165, 1.54) is 6.92 Å². The molecule has 8 heteroatoms. The summed E-state index contributed by atoms with van der Waals surface area (Å²) in [5, 5.41) is 6.83. The molecule has 0 spiro atoms. The summed E-state index contributed by atoms with van der Waals surface area (Å²) in [5.41, 5.74) is 2.50. The average molecular weight is 374 g/mol. The SMILES string of the molecule is CC(=O)Nc1ccc(-c2nccn2[C@@H](C)c2nc(-c3ccncc3)no2)cc1. The largest absolute Gasteiger partial charge is 0.337 e. The molecule has 1 atom stereocenters. The highest BCUT2D eigenvalue weighted by molar-refractivity contribution is 5.88. The van der Waals surface area contributed by atoms with Crippen molar-refractivity contribution in [3.8, 4) is 22.8 Å². The number of hydrogen-bond acceptors (Lipinski definition) is 6. The summed E-state index contributed by atoms with van der Waals surface area (Å²) in [4.78, 5) is 24.2. The van der Waals surface area contributed by atoms with Gasteiger partial charge in [-0.3, -0.25) is 9.78 Å². The van der Waals surface area contributed by atoms with Crippen molar-refractivity contribution < 1.29 is 9.32 Å². The van der Waals surface area contributed by atoms with Crippen LogP contribution < -0.4 is 5.32 Å². The second kappa shape index (κ2) is 7.43. The Balaban J connectivity index is 1.60. The number of nitrogens with one attached hydrogen (secondary N) is 1. The van der Waals surface area contributed by atoms with E-state index >= 15 is 0 Å². The number of aromatic nitrogens is 5. The van der Waals surface area contributed by atoms with E-state index in [0.717, 1.165) is 22.6 Å². The minimum Gasteiger partial charge on any atom is -0.337 e. The van der Waals surface area contributed by atoms with E-state index in [0.29, 0.717) is 11.7 Å². The van der Waals surface area contributed by atoms with Crippen molar-refractivity contribution in [3.63, 3.8) is 0 Å². The Hall–Kier alpha value is -3.81. The quantitative estimate of drug-likeness (QED) is 0.573. The Morgan fingerprint density at radius 1 is 1.07 bits per heavy atom. The molecule has 0 bridgehead atoms. The monoisotopic (exact) mass is 374 g/mol. The predicted molar refractivity (Wildman–Crippen MR) is 103 cm³/mol. The van der Waals surface area contributed by atoms with Gasteiger partial charge in [0.2, 0.25) is 17.6 Å².